The van der Waals surface area contributed by atoms with E-state index >= 15 is 0 Å². The third-order valence-electron chi connectivity index (χ3n) is 4.09. The van der Waals surface area contributed by atoms with Gasteiger partial charge < -0.3 is 24.3 Å². The number of amides is 1. The number of benzene rings is 2. The Morgan fingerprint density at radius 2 is 1.66 bits per heavy atom. The predicted octanol–water partition coefficient (Wildman–Crippen LogP) is 3.56. The Balaban J connectivity index is 1.86. The van der Waals surface area contributed by atoms with Crippen LogP contribution in [0.15, 0.2) is 42.5 Å². The van der Waals surface area contributed by atoms with Gasteiger partial charge in [0.05, 0.1) is 19.9 Å². The van der Waals surface area contributed by atoms with E-state index in [4.69, 9.17) is 18.9 Å². The molecule has 1 N–H and O–H groups in total. The van der Waals surface area contributed by atoms with Crippen LogP contribution in [0.4, 0.5) is 5.69 Å². The molecule has 156 valence electrons. The van der Waals surface area contributed by atoms with Gasteiger partial charge in [-0.15, -0.1) is 0 Å². The number of anilines is 1. The van der Waals surface area contributed by atoms with Crippen molar-refractivity contribution >= 4 is 17.6 Å². The standard InChI is InChI=1S/C22H27NO6/c1-22(2,3)16-8-6-7-9-18(16)28-14-21(25)29-13-20(24)23-17-11-10-15(26-4)12-19(17)27-5/h6-12H,13-14H2,1-5H3,(H,23,24). The Bertz CT molecular complexity index is 857. The Hall–Kier alpha value is -3.22. The minimum absolute atomic E-state index is 0.127. The van der Waals surface area contributed by atoms with Crippen LogP contribution in [-0.2, 0) is 19.7 Å². The number of rotatable bonds is 8. The van der Waals surface area contributed by atoms with Crippen LogP contribution in [0.25, 0.3) is 0 Å². The maximum Gasteiger partial charge on any atom is 0.344 e. The lowest BCUT2D eigenvalue weighted by Gasteiger charge is -2.22. The molecule has 0 fully saturated rings. The van der Waals surface area contributed by atoms with Crippen LogP contribution >= 0.6 is 0 Å². The summed E-state index contributed by atoms with van der Waals surface area (Å²) in [7, 11) is 3.02. The monoisotopic (exact) mass is 401 g/mol. The van der Waals surface area contributed by atoms with Crippen molar-refractivity contribution in [3.8, 4) is 17.2 Å². The van der Waals surface area contributed by atoms with E-state index in [1.54, 1.807) is 24.3 Å². The van der Waals surface area contributed by atoms with Crippen molar-refractivity contribution in [3.63, 3.8) is 0 Å². The van der Waals surface area contributed by atoms with Crippen molar-refractivity contribution in [1.82, 2.24) is 0 Å². The molecule has 0 aliphatic carbocycles. The zero-order valence-electron chi connectivity index (χ0n) is 17.4. The summed E-state index contributed by atoms with van der Waals surface area (Å²) in [6, 6.07) is 12.5. The molecule has 29 heavy (non-hydrogen) atoms. The van der Waals surface area contributed by atoms with E-state index in [-0.39, 0.29) is 12.0 Å². The van der Waals surface area contributed by atoms with Crippen molar-refractivity contribution < 1.29 is 28.5 Å². The van der Waals surface area contributed by atoms with E-state index < -0.39 is 18.5 Å². The largest absolute Gasteiger partial charge is 0.497 e. The molecule has 0 heterocycles. The minimum atomic E-state index is -0.634. The first-order chi connectivity index (χ1) is 13.7. The number of hydrogen-bond acceptors (Lipinski definition) is 6. The van der Waals surface area contributed by atoms with E-state index in [9.17, 15) is 9.59 Å². The molecule has 0 aliphatic heterocycles. The highest BCUT2D eigenvalue weighted by molar-refractivity contribution is 5.94. The maximum absolute atomic E-state index is 12.1. The molecule has 0 radical (unpaired) electrons. The Morgan fingerprint density at radius 1 is 0.931 bits per heavy atom. The lowest BCUT2D eigenvalue weighted by atomic mass is 9.86. The molecule has 0 saturated heterocycles. The van der Waals surface area contributed by atoms with Crippen LogP contribution in [0.2, 0.25) is 0 Å². The highest BCUT2D eigenvalue weighted by Crippen LogP contribution is 2.31. The number of methoxy groups -OCH3 is 2. The minimum Gasteiger partial charge on any atom is -0.497 e. The Kier molecular flexibility index (Phi) is 7.47. The van der Waals surface area contributed by atoms with E-state index in [1.807, 2.05) is 18.2 Å². The molecule has 0 spiro atoms. The molecule has 2 aromatic carbocycles. The van der Waals surface area contributed by atoms with Crippen LogP contribution in [-0.4, -0.2) is 39.3 Å². The quantitative estimate of drug-likeness (QED) is 0.681. The molecule has 2 aromatic rings. The smallest absolute Gasteiger partial charge is 0.344 e. The molecule has 7 heteroatoms. The molecule has 0 saturated carbocycles. The molecule has 0 atom stereocenters. The number of esters is 1. The number of nitrogens with one attached hydrogen (secondary N) is 1. The van der Waals surface area contributed by atoms with Crippen molar-refractivity contribution in [1.29, 1.82) is 0 Å². The van der Waals surface area contributed by atoms with E-state index in [1.165, 1.54) is 14.2 Å². The summed E-state index contributed by atoms with van der Waals surface area (Å²) in [6.45, 7) is 5.46. The summed E-state index contributed by atoms with van der Waals surface area (Å²) in [5, 5.41) is 2.63. The summed E-state index contributed by atoms with van der Waals surface area (Å²) in [5.74, 6) is 0.525. The summed E-state index contributed by atoms with van der Waals surface area (Å²) in [6.07, 6.45) is 0. The van der Waals surface area contributed by atoms with E-state index in [0.29, 0.717) is 22.9 Å². The molecular formula is C22H27NO6. The molecule has 2 rings (SSSR count). The van der Waals surface area contributed by atoms with Gasteiger partial charge in [-0.05, 0) is 29.2 Å². The van der Waals surface area contributed by atoms with Crippen LogP contribution in [0.5, 0.6) is 17.2 Å². The lowest BCUT2D eigenvalue weighted by molar-refractivity contribution is -0.149. The van der Waals surface area contributed by atoms with Crippen LogP contribution in [0.1, 0.15) is 26.3 Å². The highest BCUT2D eigenvalue weighted by atomic mass is 16.6. The summed E-state index contributed by atoms with van der Waals surface area (Å²) < 4.78 is 20.9. The molecule has 0 aliphatic rings. The average Bonchev–Trinajstić information content (AvgIpc) is 2.70. The first-order valence-electron chi connectivity index (χ1n) is 9.14. The van der Waals surface area contributed by atoms with Gasteiger partial charge in [0.25, 0.3) is 5.91 Å². The Labute approximate surface area is 170 Å². The van der Waals surface area contributed by atoms with Gasteiger partial charge >= 0.3 is 5.97 Å². The number of hydrogen-bond donors (Lipinski definition) is 1. The fraction of sp³-hybridized carbons (Fsp3) is 0.364. The van der Waals surface area contributed by atoms with Gasteiger partial charge in [-0.1, -0.05) is 39.0 Å². The zero-order chi connectivity index (χ0) is 21.4. The number of carbonyl (C=O) groups excluding carboxylic acids is 2. The predicted molar refractivity (Wildman–Crippen MR) is 110 cm³/mol. The normalized spacial score (nSPS) is 10.8. The third kappa shape index (κ3) is 6.41. The fourth-order valence-corrected chi connectivity index (χ4v) is 2.62. The Morgan fingerprint density at radius 3 is 2.31 bits per heavy atom. The number of para-hydroxylation sites is 1. The molecule has 0 aromatic heterocycles. The van der Waals surface area contributed by atoms with Gasteiger partial charge in [0, 0.05) is 6.07 Å². The summed E-state index contributed by atoms with van der Waals surface area (Å²) in [4.78, 5) is 24.1. The van der Waals surface area contributed by atoms with Crippen molar-refractivity contribution in [3.05, 3.63) is 48.0 Å². The number of ether oxygens (including phenoxy) is 4. The second-order valence-electron chi connectivity index (χ2n) is 7.31. The van der Waals surface area contributed by atoms with Crippen molar-refractivity contribution in [2.45, 2.75) is 26.2 Å². The first kappa shape index (κ1) is 22.1. The van der Waals surface area contributed by atoms with Crippen LogP contribution < -0.4 is 19.5 Å². The molecule has 1 amide bonds. The van der Waals surface area contributed by atoms with Gasteiger partial charge in [0.15, 0.2) is 13.2 Å². The van der Waals surface area contributed by atoms with Crippen LogP contribution in [0, 0.1) is 0 Å². The summed E-state index contributed by atoms with van der Waals surface area (Å²) >= 11 is 0. The second-order valence-corrected chi connectivity index (χ2v) is 7.31. The van der Waals surface area contributed by atoms with Gasteiger partial charge in [-0.25, -0.2) is 4.79 Å². The topological polar surface area (TPSA) is 83.1 Å². The summed E-state index contributed by atoms with van der Waals surface area (Å²) in [5.41, 5.74) is 1.31. The number of carbonyl (C=O) groups is 2. The maximum atomic E-state index is 12.1. The second kappa shape index (κ2) is 9.82. The fourth-order valence-electron chi connectivity index (χ4n) is 2.62. The molecule has 7 nitrogen and oxygen atoms in total. The zero-order valence-corrected chi connectivity index (χ0v) is 17.4. The lowest BCUT2D eigenvalue weighted by Crippen LogP contribution is -2.24. The van der Waals surface area contributed by atoms with Crippen LogP contribution in [0.3, 0.4) is 0 Å². The third-order valence-corrected chi connectivity index (χ3v) is 4.09. The van der Waals surface area contributed by atoms with Gasteiger partial charge in [-0.2, -0.15) is 0 Å². The highest BCUT2D eigenvalue weighted by Gasteiger charge is 2.19. The van der Waals surface area contributed by atoms with E-state index in [0.717, 1.165) is 5.56 Å². The SMILES string of the molecule is COc1ccc(NC(=O)COC(=O)COc2ccccc2C(C)(C)C)c(OC)c1. The van der Waals surface area contributed by atoms with Crippen molar-refractivity contribution in [2.24, 2.45) is 0 Å². The van der Waals surface area contributed by atoms with Gasteiger partial charge in [0.2, 0.25) is 0 Å². The molecule has 0 bridgehead atoms. The van der Waals surface area contributed by atoms with Crippen molar-refractivity contribution in [2.75, 3.05) is 32.8 Å². The first-order valence-corrected chi connectivity index (χ1v) is 9.14. The van der Waals surface area contributed by atoms with Gasteiger partial charge in [0.1, 0.15) is 17.2 Å². The van der Waals surface area contributed by atoms with Gasteiger partial charge in [-0.3, -0.25) is 4.79 Å². The van der Waals surface area contributed by atoms with E-state index in [2.05, 4.69) is 26.1 Å². The average molecular weight is 401 g/mol. The molecule has 0 unspecified atom stereocenters. The molecular weight excluding hydrogens is 374 g/mol.